The fourth-order valence-corrected chi connectivity index (χ4v) is 3.45. The first kappa shape index (κ1) is 12.6. The molecule has 0 bridgehead atoms. The summed E-state index contributed by atoms with van der Waals surface area (Å²) in [5, 5.41) is 3.39. The van der Waals surface area contributed by atoms with Crippen molar-refractivity contribution in [3.63, 3.8) is 0 Å². The van der Waals surface area contributed by atoms with Gasteiger partial charge < -0.3 is 5.32 Å². The van der Waals surface area contributed by atoms with Crippen molar-refractivity contribution >= 4 is 0 Å². The van der Waals surface area contributed by atoms with Gasteiger partial charge in [0.05, 0.1) is 0 Å². The van der Waals surface area contributed by atoms with E-state index >= 15 is 0 Å². The largest absolute Gasteiger partial charge is 0.316 e. The number of rotatable bonds is 4. The van der Waals surface area contributed by atoms with Crippen LogP contribution in [-0.2, 0) is 5.41 Å². The lowest BCUT2D eigenvalue weighted by Crippen LogP contribution is -2.52. The minimum absolute atomic E-state index is 0.00481. The van der Waals surface area contributed by atoms with Crippen LogP contribution in [0.1, 0.15) is 39.2 Å². The van der Waals surface area contributed by atoms with E-state index in [1.807, 2.05) is 12.1 Å². The Labute approximate surface area is 103 Å². The summed E-state index contributed by atoms with van der Waals surface area (Å²) in [6, 6.07) is 7.23. The third kappa shape index (κ3) is 2.37. The van der Waals surface area contributed by atoms with Gasteiger partial charge in [0.15, 0.2) is 0 Å². The van der Waals surface area contributed by atoms with Crippen LogP contribution in [0.2, 0.25) is 0 Å². The third-order valence-corrected chi connectivity index (χ3v) is 3.79. The number of likely N-dealkylation sites (N-methyl/N-ethyl adjacent to an activating group) is 1. The minimum Gasteiger partial charge on any atom is -0.316 e. The molecule has 0 amide bonds. The average Bonchev–Trinajstić information content (AvgIpc) is 2.23. The molecule has 0 aliphatic heterocycles. The molecule has 2 rings (SSSR count). The first-order valence-corrected chi connectivity index (χ1v) is 6.45. The van der Waals surface area contributed by atoms with E-state index in [0.29, 0.717) is 5.41 Å². The number of benzene rings is 1. The highest BCUT2D eigenvalue weighted by atomic mass is 19.1. The van der Waals surface area contributed by atoms with E-state index in [1.165, 1.54) is 0 Å². The number of halogens is 1. The van der Waals surface area contributed by atoms with Gasteiger partial charge in [0.2, 0.25) is 0 Å². The van der Waals surface area contributed by atoms with Gasteiger partial charge in [-0.2, -0.15) is 0 Å². The van der Waals surface area contributed by atoms with Crippen LogP contribution in [0.25, 0.3) is 0 Å². The summed E-state index contributed by atoms with van der Waals surface area (Å²) in [4.78, 5) is 0. The lowest BCUT2D eigenvalue weighted by molar-refractivity contribution is 0.0540. The smallest absolute Gasteiger partial charge is 0.127 e. The maximum Gasteiger partial charge on any atom is 0.127 e. The molecule has 0 saturated heterocycles. The number of hydrogen-bond acceptors (Lipinski definition) is 1. The van der Waals surface area contributed by atoms with Gasteiger partial charge >= 0.3 is 0 Å². The van der Waals surface area contributed by atoms with Crippen LogP contribution in [0, 0.1) is 11.2 Å². The molecule has 1 nitrogen and oxygen atoms in total. The number of nitrogens with one attached hydrogen (secondary N) is 1. The Morgan fingerprint density at radius 2 is 1.88 bits per heavy atom. The number of hydrogen-bond donors (Lipinski definition) is 1. The van der Waals surface area contributed by atoms with E-state index in [-0.39, 0.29) is 11.2 Å². The third-order valence-electron chi connectivity index (χ3n) is 3.79. The van der Waals surface area contributed by atoms with Crippen molar-refractivity contribution in [1.82, 2.24) is 5.32 Å². The molecule has 0 spiro atoms. The van der Waals surface area contributed by atoms with E-state index < -0.39 is 0 Å². The Hall–Kier alpha value is -0.890. The van der Waals surface area contributed by atoms with E-state index in [1.54, 1.807) is 12.1 Å². The topological polar surface area (TPSA) is 12.0 Å². The fraction of sp³-hybridized carbons (Fsp3) is 0.600. The Morgan fingerprint density at radius 1 is 1.24 bits per heavy atom. The van der Waals surface area contributed by atoms with Gasteiger partial charge in [-0.05, 0) is 36.4 Å². The van der Waals surface area contributed by atoms with Gasteiger partial charge in [-0.15, -0.1) is 0 Å². The van der Waals surface area contributed by atoms with Crippen LogP contribution >= 0.6 is 0 Å². The molecule has 94 valence electrons. The molecule has 1 N–H and O–H groups in total. The summed E-state index contributed by atoms with van der Waals surface area (Å²) in [7, 11) is 0. The first-order valence-electron chi connectivity index (χ1n) is 6.45. The molecule has 0 radical (unpaired) electrons. The van der Waals surface area contributed by atoms with Crippen molar-refractivity contribution < 1.29 is 4.39 Å². The van der Waals surface area contributed by atoms with Crippen molar-refractivity contribution in [2.24, 2.45) is 5.41 Å². The second-order valence-electron chi connectivity index (χ2n) is 6.06. The summed E-state index contributed by atoms with van der Waals surface area (Å²) in [5.74, 6) is -0.0547. The molecule has 1 fully saturated rings. The van der Waals surface area contributed by atoms with Gasteiger partial charge in [0.25, 0.3) is 0 Å². The highest BCUT2D eigenvalue weighted by Crippen LogP contribution is 2.55. The molecule has 0 aromatic heterocycles. The molecule has 1 aromatic rings. The molecule has 0 unspecified atom stereocenters. The standard InChI is InChI=1S/C15H22FN/c1-4-17-11-15(9-14(2,3)10-15)12-7-5-6-8-13(12)16/h5-8,17H,4,9-11H2,1-3H3. The second kappa shape index (κ2) is 4.41. The molecule has 1 saturated carbocycles. The van der Waals surface area contributed by atoms with Crippen LogP contribution in [0.15, 0.2) is 24.3 Å². The molecular formula is C15H22FN. The van der Waals surface area contributed by atoms with Gasteiger partial charge in [-0.1, -0.05) is 39.0 Å². The van der Waals surface area contributed by atoms with Crippen LogP contribution in [0.5, 0.6) is 0 Å². The van der Waals surface area contributed by atoms with Crippen molar-refractivity contribution in [1.29, 1.82) is 0 Å². The summed E-state index contributed by atoms with van der Waals surface area (Å²) >= 11 is 0. The van der Waals surface area contributed by atoms with Crippen LogP contribution in [0.3, 0.4) is 0 Å². The van der Waals surface area contributed by atoms with Gasteiger partial charge in [-0.25, -0.2) is 4.39 Å². The van der Waals surface area contributed by atoms with E-state index in [2.05, 4.69) is 26.1 Å². The van der Waals surface area contributed by atoms with E-state index in [0.717, 1.165) is 31.5 Å². The Morgan fingerprint density at radius 3 is 2.41 bits per heavy atom. The molecule has 0 atom stereocenters. The summed E-state index contributed by atoms with van der Waals surface area (Å²) in [6.45, 7) is 8.44. The summed E-state index contributed by atoms with van der Waals surface area (Å²) in [6.07, 6.45) is 2.13. The lowest BCUT2D eigenvalue weighted by Gasteiger charge is -2.54. The molecule has 0 heterocycles. The molecule has 2 heteroatoms. The zero-order chi connectivity index (χ0) is 12.5. The van der Waals surface area contributed by atoms with Gasteiger partial charge in [-0.3, -0.25) is 0 Å². The predicted octanol–water partition coefficient (Wildman–Crippen LogP) is 3.49. The normalized spacial score (nSPS) is 20.9. The van der Waals surface area contributed by atoms with E-state index in [4.69, 9.17) is 0 Å². The average molecular weight is 235 g/mol. The maximum atomic E-state index is 14.0. The fourth-order valence-electron chi connectivity index (χ4n) is 3.45. The van der Waals surface area contributed by atoms with Crippen LogP contribution in [0.4, 0.5) is 4.39 Å². The van der Waals surface area contributed by atoms with Crippen molar-refractivity contribution in [2.75, 3.05) is 13.1 Å². The van der Waals surface area contributed by atoms with E-state index in [9.17, 15) is 4.39 Å². The molecule has 1 aromatic carbocycles. The first-order chi connectivity index (χ1) is 7.99. The second-order valence-corrected chi connectivity index (χ2v) is 6.06. The van der Waals surface area contributed by atoms with Gasteiger partial charge in [0, 0.05) is 12.0 Å². The Bertz CT molecular complexity index is 390. The lowest BCUT2D eigenvalue weighted by atomic mass is 9.52. The molecular weight excluding hydrogens is 213 g/mol. The monoisotopic (exact) mass is 235 g/mol. The molecule has 17 heavy (non-hydrogen) atoms. The predicted molar refractivity (Wildman–Crippen MR) is 69.6 cm³/mol. The SMILES string of the molecule is CCNCC1(c2ccccc2F)CC(C)(C)C1. The maximum absolute atomic E-state index is 14.0. The van der Waals surface area contributed by atoms with Crippen LogP contribution < -0.4 is 5.32 Å². The summed E-state index contributed by atoms with van der Waals surface area (Å²) in [5.41, 5.74) is 1.24. The minimum atomic E-state index is -0.0547. The van der Waals surface area contributed by atoms with Crippen LogP contribution in [-0.4, -0.2) is 13.1 Å². The Balaban J connectivity index is 2.26. The summed E-state index contributed by atoms with van der Waals surface area (Å²) < 4.78 is 14.0. The molecule has 1 aliphatic carbocycles. The molecule has 1 aliphatic rings. The van der Waals surface area contributed by atoms with Crippen molar-refractivity contribution in [3.05, 3.63) is 35.6 Å². The zero-order valence-electron chi connectivity index (χ0n) is 11.0. The van der Waals surface area contributed by atoms with Crippen molar-refractivity contribution in [2.45, 2.75) is 39.0 Å². The Kier molecular flexibility index (Phi) is 3.26. The zero-order valence-corrected chi connectivity index (χ0v) is 11.0. The van der Waals surface area contributed by atoms with Gasteiger partial charge in [0.1, 0.15) is 5.82 Å². The van der Waals surface area contributed by atoms with Crippen molar-refractivity contribution in [3.8, 4) is 0 Å². The quantitative estimate of drug-likeness (QED) is 0.842. The highest BCUT2D eigenvalue weighted by Gasteiger charge is 2.50. The highest BCUT2D eigenvalue weighted by molar-refractivity contribution is 5.32.